The van der Waals surface area contributed by atoms with Crippen LogP contribution in [0, 0.1) is 0 Å². The van der Waals surface area contributed by atoms with Gasteiger partial charge in [-0.05, 0) is 30.0 Å². The molecule has 2 aromatic heterocycles. The Morgan fingerprint density at radius 3 is 2.96 bits per heavy atom. The van der Waals surface area contributed by atoms with Crippen molar-refractivity contribution in [3.63, 3.8) is 0 Å². The summed E-state index contributed by atoms with van der Waals surface area (Å²) in [5.41, 5.74) is 0.896. The minimum absolute atomic E-state index is 0.0529. The summed E-state index contributed by atoms with van der Waals surface area (Å²) in [4.78, 5) is 17.5. The number of thiophene rings is 1. The number of hydrogen-bond acceptors (Lipinski definition) is 6. The van der Waals surface area contributed by atoms with Gasteiger partial charge in [-0.25, -0.2) is 0 Å². The van der Waals surface area contributed by atoms with E-state index in [-0.39, 0.29) is 11.2 Å². The number of aromatic nitrogens is 2. The van der Waals surface area contributed by atoms with Gasteiger partial charge in [0.2, 0.25) is 17.6 Å². The third kappa shape index (κ3) is 4.84. The second-order valence-electron chi connectivity index (χ2n) is 5.25. The van der Waals surface area contributed by atoms with E-state index in [4.69, 9.17) is 16.1 Å². The molecule has 0 aliphatic rings. The summed E-state index contributed by atoms with van der Waals surface area (Å²) in [5.74, 6) is 1.53. The zero-order chi connectivity index (χ0) is 17.6. The van der Waals surface area contributed by atoms with Crippen LogP contribution in [0.2, 0.25) is 5.02 Å². The number of halogens is 1. The maximum absolute atomic E-state index is 12.2. The number of hydrogen-bond donors (Lipinski definition) is 1. The quantitative estimate of drug-likeness (QED) is 0.644. The molecule has 0 bridgehead atoms. The molecule has 3 rings (SSSR count). The van der Waals surface area contributed by atoms with Gasteiger partial charge < -0.3 is 9.84 Å². The van der Waals surface area contributed by atoms with E-state index in [0.717, 1.165) is 10.4 Å². The van der Waals surface area contributed by atoms with Crippen LogP contribution < -0.4 is 5.32 Å². The van der Waals surface area contributed by atoms with Gasteiger partial charge in [0.15, 0.2) is 0 Å². The van der Waals surface area contributed by atoms with E-state index < -0.39 is 0 Å². The topological polar surface area (TPSA) is 68.0 Å². The summed E-state index contributed by atoms with van der Waals surface area (Å²) in [6, 6.07) is 11.3. The Morgan fingerprint density at radius 1 is 1.36 bits per heavy atom. The van der Waals surface area contributed by atoms with E-state index in [1.807, 2.05) is 48.7 Å². The van der Waals surface area contributed by atoms with Crippen molar-refractivity contribution in [2.75, 3.05) is 0 Å². The highest BCUT2D eigenvalue weighted by molar-refractivity contribution is 7.99. The highest BCUT2D eigenvalue weighted by Gasteiger charge is 2.16. The Bertz CT molecular complexity index is 836. The molecule has 0 aliphatic carbocycles. The molecule has 8 heteroatoms. The van der Waals surface area contributed by atoms with Gasteiger partial charge in [0.05, 0.1) is 15.9 Å². The number of carbonyl (C=O) groups excluding carboxylic acids is 1. The fourth-order valence-corrected chi connectivity index (χ4v) is 3.66. The van der Waals surface area contributed by atoms with Gasteiger partial charge in [-0.2, -0.15) is 4.98 Å². The first-order chi connectivity index (χ1) is 12.1. The van der Waals surface area contributed by atoms with Gasteiger partial charge >= 0.3 is 0 Å². The third-order valence-corrected chi connectivity index (χ3v) is 5.81. The van der Waals surface area contributed by atoms with Crippen LogP contribution in [-0.4, -0.2) is 21.3 Å². The molecule has 0 saturated carbocycles. The van der Waals surface area contributed by atoms with Gasteiger partial charge in [0.25, 0.3) is 0 Å². The van der Waals surface area contributed by atoms with Crippen LogP contribution in [0.3, 0.4) is 0 Å². The number of nitrogens with one attached hydrogen (secondary N) is 1. The van der Waals surface area contributed by atoms with Crippen molar-refractivity contribution in [1.82, 2.24) is 15.5 Å². The number of nitrogens with zero attached hydrogens (tertiary/aromatic N) is 2. The van der Waals surface area contributed by atoms with Gasteiger partial charge in [0, 0.05) is 11.6 Å². The van der Waals surface area contributed by atoms with Crippen molar-refractivity contribution in [3.8, 4) is 10.7 Å². The minimum atomic E-state index is -0.237. The molecule has 0 spiro atoms. The predicted molar refractivity (Wildman–Crippen MR) is 102 cm³/mol. The number of thioether (sulfide) groups is 1. The Morgan fingerprint density at radius 2 is 2.20 bits per heavy atom. The van der Waals surface area contributed by atoms with Gasteiger partial charge in [0.1, 0.15) is 0 Å². The second kappa shape index (κ2) is 8.51. The zero-order valence-electron chi connectivity index (χ0n) is 13.4. The van der Waals surface area contributed by atoms with Crippen LogP contribution in [-0.2, 0) is 17.1 Å². The third-order valence-electron chi connectivity index (χ3n) is 3.45. The maximum atomic E-state index is 12.2. The van der Waals surface area contributed by atoms with Crippen LogP contribution in [0.25, 0.3) is 10.7 Å². The molecule has 0 saturated heterocycles. The second-order valence-corrected chi connectivity index (χ2v) is 7.94. The normalized spacial score (nSPS) is 12.1. The average molecular weight is 394 g/mol. The summed E-state index contributed by atoms with van der Waals surface area (Å²) in [5, 5.41) is 9.23. The summed E-state index contributed by atoms with van der Waals surface area (Å²) in [6.07, 6.45) is 0. The lowest BCUT2D eigenvalue weighted by molar-refractivity contribution is -0.120. The van der Waals surface area contributed by atoms with Gasteiger partial charge in [-0.1, -0.05) is 41.0 Å². The fraction of sp³-hybridized carbons (Fsp3) is 0.235. The number of benzene rings is 1. The Balaban J connectivity index is 1.48. The molecule has 25 heavy (non-hydrogen) atoms. The maximum Gasteiger partial charge on any atom is 0.237 e. The van der Waals surface area contributed by atoms with E-state index in [1.165, 1.54) is 11.8 Å². The molecular formula is C17H16ClN3O2S2. The van der Waals surface area contributed by atoms with Crippen molar-refractivity contribution < 1.29 is 9.32 Å². The van der Waals surface area contributed by atoms with E-state index in [1.54, 1.807) is 11.3 Å². The summed E-state index contributed by atoms with van der Waals surface area (Å²) < 4.78 is 5.24. The van der Waals surface area contributed by atoms with Crippen molar-refractivity contribution >= 4 is 40.6 Å². The largest absolute Gasteiger partial charge is 0.351 e. The van der Waals surface area contributed by atoms with Gasteiger partial charge in [-0.15, -0.1) is 23.1 Å². The first-order valence-electron chi connectivity index (χ1n) is 7.62. The molecule has 5 nitrogen and oxygen atoms in total. The molecule has 0 radical (unpaired) electrons. The Kier molecular flexibility index (Phi) is 6.12. The van der Waals surface area contributed by atoms with Crippen LogP contribution in [0.5, 0.6) is 0 Å². The monoisotopic (exact) mass is 393 g/mol. The highest BCUT2D eigenvalue weighted by atomic mass is 35.5. The first kappa shape index (κ1) is 18.0. The Labute approximate surface area is 158 Å². The van der Waals surface area contributed by atoms with Crippen LogP contribution in [0.4, 0.5) is 0 Å². The minimum Gasteiger partial charge on any atom is -0.351 e. The predicted octanol–water partition coefficient (Wildman–Crippen LogP) is 4.39. The molecule has 1 N–H and O–H groups in total. The molecule has 1 aromatic carbocycles. The van der Waals surface area contributed by atoms with Gasteiger partial charge in [-0.3, -0.25) is 4.79 Å². The highest BCUT2D eigenvalue weighted by Crippen LogP contribution is 2.23. The molecule has 0 unspecified atom stereocenters. The summed E-state index contributed by atoms with van der Waals surface area (Å²) in [7, 11) is 0. The van der Waals surface area contributed by atoms with E-state index in [9.17, 15) is 4.79 Å². The van der Waals surface area contributed by atoms with Crippen molar-refractivity contribution in [1.29, 1.82) is 0 Å². The van der Waals surface area contributed by atoms with Crippen LogP contribution in [0.15, 0.2) is 46.3 Å². The van der Waals surface area contributed by atoms with Crippen LogP contribution in [0.1, 0.15) is 18.4 Å². The number of amides is 1. The molecular weight excluding hydrogens is 378 g/mol. The zero-order valence-corrected chi connectivity index (χ0v) is 15.8. The lowest BCUT2D eigenvalue weighted by Crippen LogP contribution is -2.30. The molecule has 3 aromatic rings. The standard InChI is InChI=1S/C17H16ClN3O2S2/c1-11(17(22)19-9-12-5-2-3-6-13(12)18)25-10-15-20-16(21-23-15)14-7-4-8-24-14/h2-8,11H,9-10H2,1H3,(H,19,22)/t11-/m0/s1. The lowest BCUT2D eigenvalue weighted by atomic mass is 10.2. The SMILES string of the molecule is C[C@H](SCc1nc(-c2cccs2)no1)C(=O)NCc1ccccc1Cl. The number of rotatable bonds is 7. The summed E-state index contributed by atoms with van der Waals surface area (Å²) in [6.45, 7) is 2.26. The molecule has 0 aliphatic heterocycles. The van der Waals surface area contributed by atoms with E-state index >= 15 is 0 Å². The van der Waals surface area contributed by atoms with Crippen molar-refractivity contribution in [3.05, 3.63) is 58.3 Å². The summed E-state index contributed by atoms with van der Waals surface area (Å²) >= 11 is 9.10. The smallest absolute Gasteiger partial charge is 0.237 e. The van der Waals surface area contributed by atoms with Crippen molar-refractivity contribution in [2.45, 2.75) is 24.5 Å². The lowest BCUT2D eigenvalue weighted by Gasteiger charge is -2.11. The molecule has 1 atom stereocenters. The molecule has 2 heterocycles. The molecule has 0 fully saturated rings. The molecule has 130 valence electrons. The van der Waals surface area contributed by atoms with Crippen molar-refractivity contribution in [2.24, 2.45) is 0 Å². The number of carbonyl (C=O) groups is 1. The fourth-order valence-electron chi connectivity index (χ4n) is 2.06. The van der Waals surface area contributed by atoms with E-state index in [2.05, 4.69) is 15.5 Å². The van der Waals surface area contributed by atoms with Crippen LogP contribution >= 0.6 is 34.7 Å². The first-order valence-corrected chi connectivity index (χ1v) is 9.93. The molecule has 1 amide bonds. The van der Waals surface area contributed by atoms with E-state index in [0.29, 0.717) is 29.0 Å². The Hall–Kier alpha value is -1.83. The average Bonchev–Trinajstić information content (AvgIpc) is 3.29.